The van der Waals surface area contributed by atoms with Gasteiger partial charge in [0.1, 0.15) is 11.8 Å². The number of hydrogen-bond donors (Lipinski definition) is 1. The molecule has 3 aromatic heterocycles. The van der Waals surface area contributed by atoms with Gasteiger partial charge in [-0.3, -0.25) is 10.1 Å². The Kier molecular flexibility index (Phi) is 3.38. The van der Waals surface area contributed by atoms with Crippen molar-refractivity contribution in [1.82, 2.24) is 24.1 Å². The Morgan fingerprint density at radius 2 is 2.04 bits per heavy atom. The van der Waals surface area contributed by atoms with Crippen molar-refractivity contribution < 1.29 is 4.92 Å². The van der Waals surface area contributed by atoms with Crippen molar-refractivity contribution >= 4 is 17.0 Å². The zero-order chi connectivity index (χ0) is 17.4. The highest BCUT2D eigenvalue weighted by molar-refractivity contribution is 5.90. The molecule has 2 N–H and O–H groups in total. The number of imidazole rings is 1. The van der Waals surface area contributed by atoms with Crippen LogP contribution in [0.1, 0.15) is 5.56 Å². The number of nitrogens with two attached hydrogens (primary N) is 1. The monoisotopic (exact) mass is 335 g/mol. The smallest absolute Gasteiger partial charge is 0.269 e. The van der Waals surface area contributed by atoms with Crippen LogP contribution in [0.2, 0.25) is 0 Å². The van der Waals surface area contributed by atoms with Crippen molar-refractivity contribution in [2.75, 3.05) is 5.73 Å². The molecule has 0 aliphatic rings. The van der Waals surface area contributed by atoms with Gasteiger partial charge in [-0.05, 0) is 17.7 Å². The number of non-ortho nitro benzene ring substituents is 1. The number of nitrogens with zero attached hydrogens (tertiary/aromatic N) is 6. The molecule has 0 bridgehead atoms. The van der Waals surface area contributed by atoms with Gasteiger partial charge >= 0.3 is 0 Å². The van der Waals surface area contributed by atoms with Gasteiger partial charge in [0.25, 0.3) is 5.69 Å². The van der Waals surface area contributed by atoms with Gasteiger partial charge in [-0.25, -0.2) is 14.5 Å². The highest BCUT2D eigenvalue weighted by Crippen LogP contribution is 2.33. The first kappa shape index (κ1) is 14.8. The van der Waals surface area contributed by atoms with E-state index >= 15 is 0 Å². The van der Waals surface area contributed by atoms with Gasteiger partial charge in [-0.2, -0.15) is 5.10 Å². The van der Waals surface area contributed by atoms with E-state index in [0.29, 0.717) is 17.9 Å². The maximum atomic E-state index is 10.9. The third kappa shape index (κ3) is 2.57. The van der Waals surface area contributed by atoms with E-state index in [0.717, 1.165) is 16.7 Å². The van der Waals surface area contributed by atoms with Gasteiger partial charge in [0.05, 0.1) is 17.8 Å². The number of anilines is 1. The molecule has 0 saturated carbocycles. The molecule has 3 heterocycles. The number of aromatic nitrogens is 5. The molecule has 4 rings (SSSR count). The minimum atomic E-state index is -0.425. The van der Waals surface area contributed by atoms with Crippen LogP contribution in [0.5, 0.6) is 0 Å². The molecule has 9 heteroatoms. The summed E-state index contributed by atoms with van der Waals surface area (Å²) in [5.74, 6) is 0.347. The minimum Gasteiger partial charge on any atom is -0.382 e. The molecule has 0 spiro atoms. The van der Waals surface area contributed by atoms with Gasteiger partial charge in [0.2, 0.25) is 0 Å². The van der Waals surface area contributed by atoms with Crippen molar-refractivity contribution in [3.8, 4) is 11.1 Å². The normalized spacial score (nSPS) is 11.0. The summed E-state index contributed by atoms with van der Waals surface area (Å²) in [5, 5.41) is 15.1. The van der Waals surface area contributed by atoms with E-state index in [1.807, 2.05) is 17.0 Å². The van der Waals surface area contributed by atoms with Crippen LogP contribution in [-0.2, 0) is 6.54 Å². The lowest BCUT2D eigenvalue weighted by Crippen LogP contribution is -1.99. The fourth-order valence-corrected chi connectivity index (χ4v) is 2.85. The molecule has 4 aromatic rings. The fourth-order valence-electron chi connectivity index (χ4n) is 2.85. The van der Waals surface area contributed by atoms with Crippen LogP contribution in [0.25, 0.3) is 16.6 Å². The van der Waals surface area contributed by atoms with Crippen molar-refractivity contribution in [3.63, 3.8) is 0 Å². The van der Waals surface area contributed by atoms with Crippen LogP contribution in [0, 0.1) is 10.1 Å². The van der Waals surface area contributed by atoms with Gasteiger partial charge in [-0.1, -0.05) is 0 Å². The minimum absolute atomic E-state index is 0.0349. The summed E-state index contributed by atoms with van der Waals surface area (Å²) >= 11 is 0. The molecule has 0 aliphatic heterocycles. The Morgan fingerprint density at radius 1 is 1.24 bits per heavy atom. The zero-order valence-electron chi connectivity index (χ0n) is 13.0. The number of rotatable bonds is 4. The maximum Gasteiger partial charge on any atom is 0.269 e. The van der Waals surface area contributed by atoms with E-state index in [2.05, 4.69) is 15.1 Å². The number of nitro benzene ring substituents is 1. The fraction of sp³-hybridized carbons (Fsp3) is 0.0625. The Labute approximate surface area is 141 Å². The summed E-state index contributed by atoms with van der Waals surface area (Å²) < 4.78 is 3.60. The van der Waals surface area contributed by atoms with E-state index in [1.165, 1.54) is 18.5 Å². The Hall–Kier alpha value is -3.75. The predicted molar refractivity (Wildman–Crippen MR) is 90.8 cm³/mol. The molecule has 0 fully saturated rings. The molecule has 0 saturated heterocycles. The number of nitrogen functional groups attached to an aromatic ring is 1. The third-order valence-electron chi connectivity index (χ3n) is 3.96. The van der Waals surface area contributed by atoms with E-state index in [1.54, 1.807) is 29.2 Å². The molecule has 25 heavy (non-hydrogen) atoms. The van der Waals surface area contributed by atoms with Crippen molar-refractivity contribution in [2.45, 2.75) is 6.54 Å². The Bertz CT molecular complexity index is 1050. The van der Waals surface area contributed by atoms with E-state index in [-0.39, 0.29) is 5.69 Å². The second kappa shape index (κ2) is 5.71. The summed E-state index contributed by atoms with van der Waals surface area (Å²) in [6, 6.07) is 6.36. The van der Waals surface area contributed by atoms with E-state index < -0.39 is 4.92 Å². The second-order valence-corrected chi connectivity index (χ2v) is 5.51. The van der Waals surface area contributed by atoms with Gasteiger partial charge in [-0.15, -0.1) is 0 Å². The van der Waals surface area contributed by atoms with Crippen LogP contribution in [0.15, 0.2) is 55.5 Å². The number of benzene rings is 1. The highest BCUT2D eigenvalue weighted by atomic mass is 16.6. The predicted octanol–water partition coefficient (Wildman–Crippen LogP) is 2.13. The average Bonchev–Trinajstić information content (AvgIpc) is 3.23. The van der Waals surface area contributed by atoms with Crippen LogP contribution >= 0.6 is 0 Å². The molecule has 0 atom stereocenters. The summed E-state index contributed by atoms with van der Waals surface area (Å²) in [5.41, 5.74) is 9.38. The summed E-state index contributed by atoms with van der Waals surface area (Å²) in [6.07, 6.45) is 8.55. The van der Waals surface area contributed by atoms with E-state index in [4.69, 9.17) is 5.73 Å². The maximum absolute atomic E-state index is 10.9. The summed E-state index contributed by atoms with van der Waals surface area (Å²) in [6.45, 7) is 0.565. The summed E-state index contributed by atoms with van der Waals surface area (Å²) in [4.78, 5) is 18.6. The topological polar surface area (TPSA) is 117 Å². The lowest BCUT2D eigenvalue weighted by Gasteiger charge is -2.07. The summed E-state index contributed by atoms with van der Waals surface area (Å²) in [7, 11) is 0. The highest BCUT2D eigenvalue weighted by Gasteiger charge is 2.17. The number of hydrogen-bond acceptors (Lipinski definition) is 6. The molecular formula is C16H13N7O2. The Morgan fingerprint density at radius 3 is 2.72 bits per heavy atom. The largest absolute Gasteiger partial charge is 0.382 e. The second-order valence-electron chi connectivity index (χ2n) is 5.51. The van der Waals surface area contributed by atoms with Gasteiger partial charge in [0.15, 0.2) is 5.82 Å². The quantitative estimate of drug-likeness (QED) is 0.451. The van der Waals surface area contributed by atoms with Crippen molar-refractivity contribution in [1.29, 1.82) is 0 Å². The van der Waals surface area contributed by atoms with E-state index in [9.17, 15) is 10.1 Å². The molecule has 0 aliphatic carbocycles. The molecule has 9 nitrogen and oxygen atoms in total. The molecule has 0 amide bonds. The Balaban J connectivity index is 1.91. The van der Waals surface area contributed by atoms with Crippen LogP contribution in [-0.4, -0.2) is 29.1 Å². The third-order valence-corrected chi connectivity index (χ3v) is 3.96. The van der Waals surface area contributed by atoms with Crippen molar-refractivity contribution in [2.24, 2.45) is 0 Å². The van der Waals surface area contributed by atoms with Crippen LogP contribution in [0.3, 0.4) is 0 Å². The average molecular weight is 335 g/mol. The SMILES string of the molecule is Nc1ncnn2cc(Cn3ccnc3)c(-c3ccc([N+](=O)[O-])cc3)c12. The van der Waals surface area contributed by atoms with Crippen molar-refractivity contribution in [3.05, 3.63) is 71.2 Å². The molecule has 0 radical (unpaired) electrons. The zero-order valence-corrected chi connectivity index (χ0v) is 13.0. The first-order valence-electron chi connectivity index (χ1n) is 7.45. The molecular weight excluding hydrogens is 322 g/mol. The lowest BCUT2D eigenvalue weighted by molar-refractivity contribution is -0.384. The number of nitro groups is 1. The first-order chi connectivity index (χ1) is 12.1. The lowest BCUT2D eigenvalue weighted by atomic mass is 10.0. The molecule has 1 aromatic carbocycles. The molecule has 0 unspecified atom stereocenters. The van der Waals surface area contributed by atoms with Crippen LogP contribution < -0.4 is 5.73 Å². The standard InChI is InChI=1S/C16H13N7O2/c17-16-15-14(11-1-3-13(4-2-11)23(24)25)12(7-21-6-5-18-10-21)8-22(15)20-9-19-16/h1-6,8-10H,7H2,(H2,17,19,20). The number of fused-ring (bicyclic) bond motifs is 1. The molecule has 124 valence electrons. The van der Waals surface area contributed by atoms with Gasteiger partial charge < -0.3 is 10.3 Å². The van der Waals surface area contributed by atoms with Crippen LogP contribution in [0.4, 0.5) is 11.5 Å². The first-order valence-corrected chi connectivity index (χ1v) is 7.45. The van der Waals surface area contributed by atoms with Gasteiger partial charge in [0, 0.05) is 41.9 Å².